The maximum atomic E-state index is 14.7. The van der Waals surface area contributed by atoms with Gasteiger partial charge in [0.2, 0.25) is 5.91 Å². The molecule has 3 aromatic carbocycles. The van der Waals surface area contributed by atoms with Crippen LogP contribution in [0.4, 0.5) is 19.3 Å². The highest BCUT2D eigenvalue weighted by Gasteiger charge is 2.51. The molecule has 204 valence electrons. The number of carbonyl (C=O) groups excluding carboxylic acids is 3. The van der Waals surface area contributed by atoms with Gasteiger partial charge in [0.25, 0.3) is 0 Å². The van der Waals surface area contributed by atoms with Gasteiger partial charge in [0, 0.05) is 5.56 Å². The van der Waals surface area contributed by atoms with Gasteiger partial charge in [-0.2, -0.15) is 0 Å². The number of benzene rings is 3. The molecule has 1 heterocycles. The lowest BCUT2D eigenvalue weighted by molar-refractivity contribution is -0.136. The number of esters is 1. The lowest BCUT2D eigenvalue weighted by Gasteiger charge is -2.29. The van der Waals surface area contributed by atoms with Crippen molar-refractivity contribution in [3.05, 3.63) is 89.0 Å². The normalized spacial score (nSPS) is 17.1. The molecule has 10 heteroatoms. The van der Waals surface area contributed by atoms with Crippen molar-refractivity contribution in [3.8, 4) is 11.5 Å². The van der Waals surface area contributed by atoms with E-state index in [2.05, 4.69) is 10.6 Å². The number of alkyl carbamates (subject to hydrolysis) is 1. The molecule has 0 radical (unpaired) electrons. The molecule has 0 aliphatic carbocycles. The Morgan fingerprint density at radius 1 is 0.923 bits per heavy atom. The number of amides is 2. The van der Waals surface area contributed by atoms with Crippen LogP contribution in [0, 0.1) is 11.6 Å². The maximum Gasteiger partial charge on any atom is 0.408 e. The molecular weight excluding hydrogens is 510 g/mol. The van der Waals surface area contributed by atoms with E-state index in [4.69, 9.17) is 14.2 Å². The molecule has 0 aromatic heterocycles. The van der Waals surface area contributed by atoms with Gasteiger partial charge in [-0.05, 0) is 69.2 Å². The summed E-state index contributed by atoms with van der Waals surface area (Å²) in [6.45, 7) is 6.55. The first-order valence-corrected chi connectivity index (χ1v) is 12.1. The second kappa shape index (κ2) is 10.4. The van der Waals surface area contributed by atoms with Crippen LogP contribution >= 0.6 is 0 Å². The first-order valence-electron chi connectivity index (χ1n) is 12.1. The van der Waals surface area contributed by atoms with Gasteiger partial charge >= 0.3 is 12.1 Å². The fourth-order valence-corrected chi connectivity index (χ4v) is 4.42. The van der Waals surface area contributed by atoms with Crippen molar-refractivity contribution in [1.29, 1.82) is 0 Å². The van der Waals surface area contributed by atoms with E-state index in [1.165, 1.54) is 32.2 Å². The number of hydrogen-bond acceptors (Lipinski definition) is 6. The highest BCUT2D eigenvalue weighted by molar-refractivity contribution is 6.11. The summed E-state index contributed by atoms with van der Waals surface area (Å²) in [7, 11) is 1.50. The summed E-state index contributed by atoms with van der Waals surface area (Å²) >= 11 is 0. The highest BCUT2D eigenvalue weighted by Crippen LogP contribution is 2.49. The van der Waals surface area contributed by atoms with E-state index in [1.54, 1.807) is 57.2 Å². The van der Waals surface area contributed by atoms with E-state index in [1.807, 2.05) is 0 Å². The van der Waals surface area contributed by atoms with Crippen LogP contribution < -0.4 is 20.1 Å². The van der Waals surface area contributed by atoms with Crippen LogP contribution in [0.25, 0.3) is 0 Å². The van der Waals surface area contributed by atoms with Crippen LogP contribution in [-0.2, 0) is 19.7 Å². The molecule has 2 atom stereocenters. The third kappa shape index (κ3) is 5.27. The Labute approximate surface area is 224 Å². The van der Waals surface area contributed by atoms with Crippen molar-refractivity contribution in [3.63, 3.8) is 0 Å². The third-order valence-electron chi connectivity index (χ3n) is 6.19. The van der Waals surface area contributed by atoms with E-state index in [0.717, 1.165) is 6.07 Å². The number of methoxy groups -OCH3 is 1. The van der Waals surface area contributed by atoms with E-state index >= 15 is 0 Å². The summed E-state index contributed by atoms with van der Waals surface area (Å²) in [6.07, 6.45) is -0.765. The molecule has 2 N–H and O–H groups in total. The van der Waals surface area contributed by atoms with Gasteiger partial charge in [-0.1, -0.05) is 30.3 Å². The van der Waals surface area contributed by atoms with Crippen molar-refractivity contribution in [1.82, 2.24) is 5.32 Å². The van der Waals surface area contributed by atoms with E-state index in [-0.39, 0.29) is 17.0 Å². The summed E-state index contributed by atoms with van der Waals surface area (Å²) in [5.74, 6) is -2.86. The quantitative estimate of drug-likeness (QED) is 0.335. The SMILES string of the molecule is COc1ccc(C2(c3ccc(OC(=O)C(C)NC(=O)OC(C)(C)C)cc3)C(=O)Nc3c2ccc(F)c3F)cc1. The minimum absolute atomic E-state index is 0.149. The smallest absolute Gasteiger partial charge is 0.408 e. The molecule has 0 saturated heterocycles. The number of halogens is 2. The van der Waals surface area contributed by atoms with Gasteiger partial charge in [0.15, 0.2) is 11.6 Å². The Bertz CT molecular complexity index is 1420. The number of fused-ring (bicyclic) bond motifs is 1. The van der Waals surface area contributed by atoms with E-state index in [0.29, 0.717) is 16.9 Å². The predicted octanol–water partition coefficient (Wildman–Crippen LogP) is 5.08. The molecule has 0 bridgehead atoms. The molecule has 8 nitrogen and oxygen atoms in total. The van der Waals surface area contributed by atoms with Gasteiger partial charge < -0.3 is 24.8 Å². The summed E-state index contributed by atoms with van der Waals surface area (Å²) < 4.78 is 44.5. The molecule has 4 rings (SSSR count). The zero-order valence-electron chi connectivity index (χ0n) is 22.1. The van der Waals surface area contributed by atoms with Crippen LogP contribution in [-0.4, -0.2) is 36.7 Å². The minimum Gasteiger partial charge on any atom is -0.497 e. The van der Waals surface area contributed by atoms with Crippen molar-refractivity contribution in [2.45, 2.75) is 44.8 Å². The van der Waals surface area contributed by atoms with E-state index < -0.39 is 46.7 Å². The number of rotatable bonds is 6. The Kier molecular flexibility index (Phi) is 7.32. The molecule has 3 aromatic rings. The third-order valence-corrected chi connectivity index (χ3v) is 6.19. The minimum atomic E-state index is -1.52. The monoisotopic (exact) mass is 538 g/mol. The Hall–Kier alpha value is -4.47. The van der Waals surface area contributed by atoms with Crippen molar-refractivity contribution >= 4 is 23.7 Å². The van der Waals surface area contributed by atoms with Crippen molar-refractivity contribution < 1.29 is 37.4 Å². The average molecular weight is 539 g/mol. The van der Waals surface area contributed by atoms with Gasteiger partial charge in [0.05, 0.1) is 12.8 Å². The van der Waals surface area contributed by atoms with Crippen LogP contribution in [0.2, 0.25) is 0 Å². The number of anilines is 1. The number of hydrogen-bond donors (Lipinski definition) is 2. The first-order chi connectivity index (χ1) is 18.4. The second-order valence-electron chi connectivity index (χ2n) is 10.0. The zero-order chi connectivity index (χ0) is 28.5. The Morgan fingerprint density at radius 3 is 2.03 bits per heavy atom. The van der Waals surface area contributed by atoms with Crippen LogP contribution in [0.5, 0.6) is 11.5 Å². The first kappa shape index (κ1) is 27.6. The topological polar surface area (TPSA) is 103 Å². The zero-order valence-corrected chi connectivity index (χ0v) is 22.1. The van der Waals surface area contributed by atoms with Gasteiger partial charge in [0.1, 0.15) is 28.6 Å². The average Bonchev–Trinajstić information content (AvgIpc) is 3.18. The molecule has 0 fully saturated rings. The lowest BCUT2D eigenvalue weighted by Crippen LogP contribution is -2.43. The fraction of sp³-hybridized carbons (Fsp3) is 0.276. The lowest BCUT2D eigenvalue weighted by atomic mass is 9.70. The van der Waals surface area contributed by atoms with Gasteiger partial charge in [-0.15, -0.1) is 0 Å². The maximum absolute atomic E-state index is 14.7. The molecule has 0 spiro atoms. The Morgan fingerprint density at radius 2 is 1.49 bits per heavy atom. The number of ether oxygens (including phenoxy) is 3. The van der Waals surface area contributed by atoms with Gasteiger partial charge in [-0.3, -0.25) is 4.79 Å². The number of carbonyl (C=O) groups is 3. The van der Waals surface area contributed by atoms with Crippen LogP contribution in [0.1, 0.15) is 44.4 Å². The molecular formula is C29H28F2N2O6. The van der Waals surface area contributed by atoms with Gasteiger partial charge in [-0.25, -0.2) is 18.4 Å². The highest BCUT2D eigenvalue weighted by atomic mass is 19.2. The second-order valence-corrected chi connectivity index (χ2v) is 10.0. The van der Waals surface area contributed by atoms with Crippen molar-refractivity contribution in [2.75, 3.05) is 12.4 Å². The molecule has 1 aliphatic heterocycles. The predicted molar refractivity (Wildman–Crippen MR) is 139 cm³/mol. The molecule has 39 heavy (non-hydrogen) atoms. The fourth-order valence-electron chi connectivity index (χ4n) is 4.42. The molecule has 0 saturated carbocycles. The van der Waals surface area contributed by atoms with Crippen LogP contribution in [0.3, 0.4) is 0 Å². The summed E-state index contributed by atoms with van der Waals surface area (Å²) in [4.78, 5) is 38.1. The largest absolute Gasteiger partial charge is 0.497 e. The van der Waals surface area contributed by atoms with Crippen LogP contribution in [0.15, 0.2) is 60.7 Å². The Balaban J connectivity index is 1.67. The van der Waals surface area contributed by atoms with Crippen molar-refractivity contribution in [2.24, 2.45) is 0 Å². The van der Waals surface area contributed by atoms with E-state index in [9.17, 15) is 23.2 Å². The summed E-state index contributed by atoms with van der Waals surface area (Å²) in [5.41, 5.74) is -1.35. The molecule has 2 unspecified atom stereocenters. The molecule has 1 aliphatic rings. The number of nitrogens with one attached hydrogen (secondary N) is 2. The summed E-state index contributed by atoms with van der Waals surface area (Å²) in [6, 6.07) is 14.1. The standard InChI is InChI=1S/C29H28F2N2O6/c1-16(32-27(36)39-28(2,3)4)25(34)38-20-12-8-18(9-13-20)29(17-6-10-19(37-5)11-7-17)21-14-15-22(30)23(31)24(21)33-26(29)35/h6-16H,1-5H3,(H,32,36)(H,33,35). The molecule has 2 amide bonds. The summed E-state index contributed by atoms with van der Waals surface area (Å²) in [5, 5.41) is 4.91.